The first-order chi connectivity index (χ1) is 10.7. The molecule has 0 fully saturated rings. The molecule has 2 aromatic carbocycles. The van der Waals surface area contributed by atoms with E-state index in [1.54, 1.807) is 6.92 Å². The van der Waals surface area contributed by atoms with Crippen LogP contribution in [0.3, 0.4) is 0 Å². The number of aryl methyl sites for hydroxylation is 1. The highest BCUT2D eigenvalue weighted by atomic mass is 16.4. The third-order valence-electron chi connectivity index (χ3n) is 3.36. The number of carbonyl (C=O) groups is 1. The molecule has 1 N–H and O–H groups in total. The number of benzene rings is 2. The van der Waals surface area contributed by atoms with E-state index in [-0.39, 0.29) is 17.8 Å². The van der Waals surface area contributed by atoms with Gasteiger partial charge in [-0.3, -0.25) is 4.79 Å². The fourth-order valence-corrected chi connectivity index (χ4v) is 2.30. The first-order valence-electron chi connectivity index (χ1n) is 7.07. The van der Waals surface area contributed by atoms with Crippen LogP contribution in [-0.4, -0.2) is 10.9 Å². The lowest BCUT2D eigenvalue weighted by molar-refractivity contribution is 0.0906. The number of hydrogen-bond donors (Lipinski definition) is 1. The Balaban J connectivity index is 1.91. The van der Waals surface area contributed by atoms with Crippen molar-refractivity contribution in [1.29, 1.82) is 0 Å². The highest BCUT2D eigenvalue weighted by molar-refractivity contribution is 5.90. The van der Waals surface area contributed by atoms with Gasteiger partial charge < -0.3 is 9.73 Å². The highest BCUT2D eigenvalue weighted by Gasteiger charge is 2.20. The number of aromatic nitrogens is 1. The molecule has 22 heavy (non-hydrogen) atoms. The van der Waals surface area contributed by atoms with Gasteiger partial charge in [-0.05, 0) is 18.1 Å². The van der Waals surface area contributed by atoms with Crippen LogP contribution in [0.25, 0.3) is 0 Å². The van der Waals surface area contributed by atoms with E-state index in [1.807, 2.05) is 60.7 Å². The Bertz CT molecular complexity index is 712. The zero-order valence-electron chi connectivity index (χ0n) is 12.2. The van der Waals surface area contributed by atoms with Crippen LogP contribution in [-0.2, 0) is 0 Å². The number of rotatable bonds is 4. The van der Waals surface area contributed by atoms with E-state index in [0.717, 1.165) is 11.1 Å². The minimum absolute atomic E-state index is 0.0781. The lowest BCUT2D eigenvalue weighted by Crippen LogP contribution is -2.29. The average Bonchev–Trinajstić information content (AvgIpc) is 3.01. The second-order valence-corrected chi connectivity index (χ2v) is 5.00. The molecule has 0 spiro atoms. The summed E-state index contributed by atoms with van der Waals surface area (Å²) in [5.41, 5.74) is 2.01. The van der Waals surface area contributed by atoms with Gasteiger partial charge in [0.2, 0.25) is 0 Å². The summed E-state index contributed by atoms with van der Waals surface area (Å²) in [5.74, 6) is 0.362. The van der Waals surface area contributed by atoms with Crippen LogP contribution < -0.4 is 5.32 Å². The number of carbonyl (C=O) groups excluding carboxylic acids is 1. The van der Waals surface area contributed by atoms with Gasteiger partial charge >= 0.3 is 5.91 Å². The van der Waals surface area contributed by atoms with E-state index >= 15 is 0 Å². The summed E-state index contributed by atoms with van der Waals surface area (Å²) < 4.78 is 5.29. The van der Waals surface area contributed by atoms with Crippen LogP contribution in [0, 0.1) is 6.92 Å². The predicted molar refractivity (Wildman–Crippen MR) is 83.4 cm³/mol. The van der Waals surface area contributed by atoms with Gasteiger partial charge in [0.15, 0.2) is 0 Å². The predicted octanol–water partition coefficient (Wildman–Crippen LogP) is 3.50. The molecule has 3 aromatic rings. The fourth-order valence-electron chi connectivity index (χ4n) is 2.30. The standard InChI is InChI=1S/C18H16N2O2/c1-13-12-19-18(22-13)17(21)20-16(14-8-4-2-5-9-14)15-10-6-3-7-11-15/h2-12,16H,1H3,(H,20,21). The molecule has 0 atom stereocenters. The first kappa shape index (κ1) is 14.1. The summed E-state index contributed by atoms with van der Waals surface area (Å²) in [5, 5.41) is 2.98. The van der Waals surface area contributed by atoms with Gasteiger partial charge in [0.05, 0.1) is 12.2 Å². The summed E-state index contributed by atoms with van der Waals surface area (Å²) >= 11 is 0. The van der Waals surface area contributed by atoms with E-state index in [2.05, 4.69) is 10.3 Å². The van der Waals surface area contributed by atoms with E-state index in [1.165, 1.54) is 6.20 Å². The Morgan fingerprint density at radius 3 is 2.00 bits per heavy atom. The maximum absolute atomic E-state index is 12.3. The summed E-state index contributed by atoms with van der Waals surface area (Å²) in [6.45, 7) is 1.76. The van der Waals surface area contributed by atoms with Gasteiger partial charge in [0.1, 0.15) is 5.76 Å². The van der Waals surface area contributed by atoms with Gasteiger partial charge in [-0.1, -0.05) is 60.7 Å². The summed E-state index contributed by atoms with van der Waals surface area (Å²) in [6, 6.07) is 19.4. The zero-order valence-corrected chi connectivity index (χ0v) is 12.2. The Morgan fingerprint density at radius 2 is 1.55 bits per heavy atom. The molecule has 1 amide bonds. The summed E-state index contributed by atoms with van der Waals surface area (Å²) in [4.78, 5) is 16.3. The third-order valence-corrected chi connectivity index (χ3v) is 3.36. The van der Waals surface area contributed by atoms with Crippen LogP contribution >= 0.6 is 0 Å². The SMILES string of the molecule is Cc1cnc(C(=O)NC(c2ccccc2)c2ccccc2)o1. The van der Waals surface area contributed by atoms with Crippen molar-refractivity contribution < 1.29 is 9.21 Å². The second-order valence-electron chi connectivity index (χ2n) is 5.00. The minimum atomic E-state index is -0.328. The number of hydrogen-bond acceptors (Lipinski definition) is 3. The molecule has 0 saturated heterocycles. The van der Waals surface area contributed by atoms with Gasteiger partial charge in [0, 0.05) is 0 Å². The molecule has 0 bridgehead atoms. The van der Waals surface area contributed by atoms with Crippen LogP contribution in [0.1, 0.15) is 33.6 Å². The second kappa shape index (κ2) is 6.26. The quantitative estimate of drug-likeness (QED) is 0.800. The van der Waals surface area contributed by atoms with Crippen LogP contribution in [0.2, 0.25) is 0 Å². The Hall–Kier alpha value is -2.88. The van der Waals surface area contributed by atoms with Crippen LogP contribution in [0.4, 0.5) is 0 Å². The molecule has 0 saturated carbocycles. The molecule has 0 radical (unpaired) electrons. The highest BCUT2D eigenvalue weighted by Crippen LogP contribution is 2.22. The van der Waals surface area contributed by atoms with Crippen molar-refractivity contribution >= 4 is 5.91 Å². The first-order valence-corrected chi connectivity index (χ1v) is 7.07. The van der Waals surface area contributed by atoms with Crippen molar-refractivity contribution in [1.82, 2.24) is 10.3 Å². The third kappa shape index (κ3) is 3.06. The fraction of sp³-hybridized carbons (Fsp3) is 0.111. The smallest absolute Gasteiger partial charge is 0.307 e. The summed E-state index contributed by atoms with van der Waals surface area (Å²) in [6.07, 6.45) is 1.54. The Morgan fingerprint density at radius 1 is 1.00 bits per heavy atom. The largest absolute Gasteiger partial charge is 0.438 e. The van der Waals surface area contributed by atoms with Crippen LogP contribution in [0.5, 0.6) is 0 Å². The Kier molecular flexibility index (Phi) is 4.01. The Labute approximate surface area is 128 Å². The molecule has 4 nitrogen and oxygen atoms in total. The molecule has 1 aromatic heterocycles. The van der Waals surface area contributed by atoms with Crippen molar-refractivity contribution in [2.24, 2.45) is 0 Å². The topological polar surface area (TPSA) is 55.1 Å². The number of amides is 1. The molecule has 1 heterocycles. The number of oxazole rings is 1. The van der Waals surface area contributed by atoms with Gasteiger partial charge in [-0.25, -0.2) is 4.98 Å². The molecular weight excluding hydrogens is 276 g/mol. The molecule has 110 valence electrons. The van der Waals surface area contributed by atoms with Crippen molar-refractivity contribution in [3.05, 3.63) is 89.6 Å². The van der Waals surface area contributed by atoms with E-state index in [0.29, 0.717) is 5.76 Å². The van der Waals surface area contributed by atoms with Gasteiger partial charge in [0.25, 0.3) is 5.89 Å². The summed E-state index contributed by atoms with van der Waals surface area (Å²) in [7, 11) is 0. The molecule has 0 aliphatic carbocycles. The van der Waals surface area contributed by atoms with Gasteiger partial charge in [-0.15, -0.1) is 0 Å². The molecule has 0 unspecified atom stereocenters. The van der Waals surface area contributed by atoms with E-state index < -0.39 is 0 Å². The lowest BCUT2D eigenvalue weighted by atomic mass is 9.99. The van der Waals surface area contributed by atoms with Crippen LogP contribution in [0.15, 0.2) is 71.3 Å². The average molecular weight is 292 g/mol. The molecular formula is C18H16N2O2. The molecule has 0 aliphatic heterocycles. The number of nitrogens with one attached hydrogen (secondary N) is 1. The maximum Gasteiger partial charge on any atom is 0.307 e. The van der Waals surface area contributed by atoms with Crippen molar-refractivity contribution in [2.75, 3.05) is 0 Å². The maximum atomic E-state index is 12.3. The minimum Gasteiger partial charge on any atom is -0.438 e. The normalized spacial score (nSPS) is 10.6. The van der Waals surface area contributed by atoms with Crippen molar-refractivity contribution in [2.45, 2.75) is 13.0 Å². The van der Waals surface area contributed by atoms with Crippen molar-refractivity contribution in [3.63, 3.8) is 0 Å². The monoisotopic (exact) mass is 292 g/mol. The van der Waals surface area contributed by atoms with E-state index in [4.69, 9.17) is 4.42 Å². The van der Waals surface area contributed by atoms with Crippen molar-refractivity contribution in [3.8, 4) is 0 Å². The van der Waals surface area contributed by atoms with E-state index in [9.17, 15) is 4.79 Å². The zero-order chi connectivity index (χ0) is 15.4. The lowest BCUT2D eigenvalue weighted by Gasteiger charge is -2.19. The molecule has 3 rings (SSSR count). The van der Waals surface area contributed by atoms with Gasteiger partial charge in [-0.2, -0.15) is 0 Å². The molecule has 0 aliphatic rings. The molecule has 4 heteroatoms. The number of nitrogens with zero attached hydrogens (tertiary/aromatic N) is 1.